The lowest BCUT2D eigenvalue weighted by atomic mass is 10.00. The number of amides is 1. The fourth-order valence-electron chi connectivity index (χ4n) is 4.13. The van der Waals surface area contributed by atoms with Crippen LogP contribution in [0.3, 0.4) is 0 Å². The van der Waals surface area contributed by atoms with Crippen LogP contribution in [0.15, 0.2) is 36.7 Å². The second kappa shape index (κ2) is 5.91. The van der Waals surface area contributed by atoms with E-state index >= 15 is 0 Å². The molecule has 2 heterocycles. The number of nitrogens with zero attached hydrogens (tertiary/aromatic N) is 5. The Morgan fingerprint density at radius 2 is 2.30 bits per heavy atom. The lowest BCUT2D eigenvalue weighted by molar-refractivity contribution is 0.129. The summed E-state index contributed by atoms with van der Waals surface area (Å²) in [5.74, 6) is 0.351. The van der Waals surface area contributed by atoms with Gasteiger partial charge < -0.3 is 4.74 Å². The number of carbonyl (C=O) groups is 1. The standard InChI is InChI=1S/C19H16FN5O2/c20-18-7-12(1-2-14(18)11-5-15-16(6-11)17(15)8-21)25-10-13(27-19(25)26)9-24-4-3-22-23-24/h1-5,7,13,15-17H,6,9-10H2/t13-,15-,16+,17+/m0/s1. The van der Waals surface area contributed by atoms with Gasteiger partial charge in [-0.25, -0.2) is 13.9 Å². The number of nitriles is 1. The van der Waals surface area contributed by atoms with Crippen LogP contribution in [0.4, 0.5) is 14.9 Å². The molecule has 0 N–H and O–H groups in total. The maximum absolute atomic E-state index is 14.7. The second-order valence-corrected chi connectivity index (χ2v) is 7.20. The van der Waals surface area contributed by atoms with Crippen LogP contribution in [0, 0.1) is 34.9 Å². The Morgan fingerprint density at radius 1 is 1.41 bits per heavy atom. The van der Waals surface area contributed by atoms with Gasteiger partial charge >= 0.3 is 6.09 Å². The summed E-state index contributed by atoms with van der Waals surface area (Å²) in [4.78, 5) is 13.6. The molecule has 0 unspecified atom stereocenters. The molecular formula is C19H16FN5O2. The first-order valence-electron chi connectivity index (χ1n) is 8.86. The Kier molecular flexibility index (Phi) is 3.50. The number of ether oxygens (including phenoxy) is 1. The lowest BCUT2D eigenvalue weighted by Gasteiger charge is -2.15. The van der Waals surface area contributed by atoms with E-state index in [-0.39, 0.29) is 23.8 Å². The van der Waals surface area contributed by atoms with Crippen LogP contribution >= 0.6 is 0 Å². The van der Waals surface area contributed by atoms with E-state index in [1.807, 2.05) is 6.08 Å². The van der Waals surface area contributed by atoms with E-state index in [0.29, 0.717) is 30.3 Å². The molecule has 1 saturated heterocycles. The number of fused-ring (bicyclic) bond motifs is 1. The van der Waals surface area contributed by atoms with Crippen molar-refractivity contribution in [3.8, 4) is 6.07 Å². The van der Waals surface area contributed by atoms with E-state index in [1.165, 1.54) is 11.0 Å². The van der Waals surface area contributed by atoms with E-state index in [9.17, 15) is 9.18 Å². The molecule has 0 bridgehead atoms. The van der Waals surface area contributed by atoms with Gasteiger partial charge in [0, 0.05) is 11.8 Å². The average Bonchev–Trinajstić information content (AvgIpc) is 3.11. The summed E-state index contributed by atoms with van der Waals surface area (Å²) < 4.78 is 21.6. The Bertz CT molecular complexity index is 980. The molecule has 1 aromatic carbocycles. The van der Waals surface area contributed by atoms with Gasteiger partial charge in [0.25, 0.3) is 0 Å². The summed E-state index contributed by atoms with van der Waals surface area (Å²) >= 11 is 0. The molecule has 5 rings (SSSR count). The Hall–Kier alpha value is -3.21. The molecule has 2 aromatic rings. The highest BCUT2D eigenvalue weighted by Gasteiger charge is 2.53. The van der Waals surface area contributed by atoms with Gasteiger partial charge in [-0.15, -0.1) is 5.10 Å². The number of rotatable bonds is 4. The quantitative estimate of drug-likeness (QED) is 0.832. The van der Waals surface area contributed by atoms with Crippen LogP contribution in [0.2, 0.25) is 0 Å². The number of allylic oxidation sites excluding steroid dienone is 2. The van der Waals surface area contributed by atoms with Crippen molar-refractivity contribution in [3.63, 3.8) is 0 Å². The summed E-state index contributed by atoms with van der Waals surface area (Å²) in [6, 6.07) is 7.12. The van der Waals surface area contributed by atoms with Gasteiger partial charge in [-0.2, -0.15) is 5.26 Å². The molecule has 1 saturated carbocycles. The molecule has 3 aliphatic rings. The first-order chi connectivity index (χ1) is 13.1. The van der Waals surface area contributed by atoms with E-state index in [1.54, 1.807) is 29.2 Å². The summed E-state index contributed by atoms with van der Waals surface area (Å²) in [5, 5.41) is 16.6. The smallest absolute Gasteiger partial charge is 0.414 e. The Labute approximate surface area is 154 Å². The van der Waals surface area contributed by atoms with Gasteiger partial charge in [0.15, 0.2) is 0 Å². The van der Waals surface area contributed by atoms with Gasteiger partial charge in [-0.05, 0) is 42.0 Å². The molecule has 27 heavy (non-hydrogen) atoms. The van der Waals surface area contributed by atoms with Crippen molar-refractivity contribution in [2.45, 2.75) is 19.1 Å². The van der Waals surface area contributed by atoms with E-state index in [0.717, 1.165) is 12.0 Å². The van der Waals surface area contributed by atoms with Crippen molar-refractivity contribution in [2.24, 2.45) is 17.8 Å². The van der Waals surface area contributed by atoms with Crippen LogP contribution in [-0.2, 0) is 11.3 Å². The highest BCUT2D eigenvalue weighted by atomic mass is 19.1. The highest BCUT2D eigenvalue weighted by molar-refractivity contribution is 5.90. The summed E-state index contributed by atoms with van der Waals surface area (Å²) in [6.45, 7) is 0.729. The predicted octanol–water partition coefficient (Wildman–Crippen LogP) is 2.62. The first kappa shape index (κ1) is 16.0. The fourth-order valence-corrected chi connectivity index (χ4v) is 4.13. The summed E-state index contributed by atoms with van der Waals surface area (Å²) in [5.41, 5.74) is 1.98. The minimum Gasteiger partial charge on any atom is -0.442 e. The Morgan fingerprint density at radius 3 is 2.96 bits per heavy atom. The number of hydrogen-bond donors (Lipinski definition) is 0. The SMILES string of the molecule is N#C[C@@H]1[C@H]2C=C(c3ccc(N4C[C@H](Cn5ccnn5)OC4=O)cc3F)C[C@@H]12. The fraction of sp³-hybridized carbons (Fsp3) is 0.368. The summed E-state index contributed by atoms with van der Waals surface area (Å²) in [7, 11) is 0. The van der Waals surface area contributed by atoms with Crippen molar-refractivity contribution in [1.82, 2.24) is 15.0 Å². The van der Waals surface area contributed by atoms with E-state index in [2.05, 4.69) is 16.4 Å². The molecule has 1 aliphatic heterocycles. The van der Waals surface area contributed by atoms with Gasteiger partial charge in [0.1, 0.15) is 11.9 Å². The van der Waals surface area contributed by atoms with Crippen LogP contribution in [-0.4, -0.2) is 33.7 Å². The number of hydrogen-bond acceptors (Lipinski definition) is 5. The maximum atomic E-state index is 14.7. The molecule has 2 aliphatic carbocycles. The topological polar surface area (TPSA) is 84.0 Å². The molecule has 2 fully saturated rings. The number of benzene rings is 1. The lowest BCUT2D eigenvalue weighted by Crippen LogP contribution is -2.26. The zero-order valence-corrected chi connectivity index (χ0v) is 14.3. The highest BCUT2D eigenvalue weighted by Crippen LogP contribution is 2.57. The van der Waals surface area contributed by atoms with Crippen molar-refractivity contribution in [1.29, 1.82) is 5.26 Å². The van der Waals surface area contributed by atoms with Crippen molar-refractivity contribution in [2.75, 3.05) is 11.4 Å². The molecule has 1 aromatic heterocycles. The van der Waals surface area contributed by atoms with E-state index in [4.69, 9.17) is 10.00 Å². The molecule has 4 atom stereocenters. The van der Waals surface area contributed by atoms with Gasteiger partial charge in [0.05, 0.1) is 37.0 Å². The molecular weight excluding hydrogens is 349 g/mol. The normalized spacial score (nSPS) is 28.5. The average molecular weight is 365 g/mol. The third-order valence-corrected chi connectivity index (χ3v) is 5.57. The molecule has 7 nitrogen and oxygen atoms in total. The third kappa shape index (κ3) is 2.67. The molecule has 8 heteroatoms. The number of aromatic nitrogens is 3. The van der Waals surface area contributed by atoms with Crippen LogP contribution in [0.5, 0.6) is 0 Å². The van der Waals surface area contributed by atoms with Crippen molar-refractivity contribution in [3.05, 3.63) is 48.0 Å². The molecule has 1 amide bonds. The zero-order valence-electron chi connectivity index (χ0n) is 14.3. The minimum atomic E-state index is -0.495. The number of carbonyl (C=O) groups excluding carboxylic acids is 1. The molecule has 0 spiro atoms. The number of cyclic esters (lactones) is 1. The molecule has 136 valence electrons. The van der Waals surface area contributed by atoms with Crippen molar-refractivity contribution >= 4 is 17.4 Å². The monoisotopic (exact) mass is 365 g/mol. The van der Waals surface area contributed by atoms with Crippen molar-refractivity contribution < 1.29 is 13.9 Å². The Balaban J connectivity index is 1.32. The number of anilines is 1. The first-order valence-corrected chi connectivity index (χ1v) is 8.86. The third-order valence-electron chi connectivity index (χ3n) is 5.57. The molecule has 0 radical (unpaired) electrons. The van der Waals surface area contributed by atoms with E-state index < -0.39 is 6.09 Å². The van der Waals surface area contributed by atoms with Crippen LogP contribution in [0.1, 0.15) is 12.0 Å². The van der Waals surface area contributed by atoms with Gasteiger partial charge in [0.2, 0.25) is 0 Å². The zero-order chi connectivity index (χ0) is 18.5. The van der Waals surface area contributed by atoms with Crippen LogP contribution in [0.25, 0.3) is 5.57 Å². The largest absolute Gasteiger partial charge is 0.442 e. The van der Waals surface area contributed by atoms with Gasteiger partial charge in [-0.1, -0.05) is 11.3 Å². The minimum absolute atomic E-state index is 0.0948. The van der Waals surface area contributed by atoms with Crippen LogP contribution < -0.4 is 4.90 Å². The predicted molar refractivity (Wildman–Crippen MR) is 92.7 cm³/mol. The van der Waals surface area contributed by atoms with Gasteiger partial charge in [-0.3, -0.25) is 4.90 Å². The maximum Gasteiger partial charge on any atom is 0.414 e. The number of halogens is 1. The second-order valence-electron chi connectivity index (χ2n) is 7.20. The summed E-state index contributed by atoms with van der Waals surface area (Å²) in [6.07, 6.45) is 5.16.